The van der Waals surface area contributed by atoms with Gasteiger partial charge in [0.25, 0.3) is 0 Å². The highest BCUT2D eigenvalue weighted by Gasteiger charge is 2.28. The summed E-state index contributed by atoms with van der Waals surface area (Å²) in [5.74, 6) is -13.6. The second kappa shape index (κ2) is 37.7. The summed E-state index contributed by atoms with van der Waals surface area (Å²) >= 11 is 0. The van der Waals surface area contributed by atoms with Gasteiger partial charge in [-0.3, -0.25) is 9.59 Å². The second-order valence-electron chi connectivity index (χ2n) is 12.5. The Bertz CT molecular complexity index is 1450. The fraction of sp³-hybridized carbons (Fsp3) is 0.659. The number of nitrogens with one attached hydrogen (secondary N) is 1. The summed E-state index contributed by atoms with van der Waals surface area (Å²) in [6.45, 7) is 10.6. The molecule has 0 atom stereocenters. The largest absolute Gasteiger partial charge is 0.491 e. The Morgan fingerprint density at radius 1 is 0.397 bits per heavy atom. The fourth-order valence-corrected chi connectivity index (χ4v) is 4.57. The molecule has 0 aliphatic carbocycles. The number of carbonyl (C=O) groups excluding carboxylic acids is 2. The van der Waals surface area contributed by atoms with Crippen molar-refractivity contribution < 1.29 is 97.9 Å². The van der Waals surface area contributed by atoms with E-state index in [1.54, 1.807) is 24.3 Å². The lowest BCUT2D eigenvalue weighted by molar-refractivity contribution is -0.136. The molecule has 360 valence electrons. The first-order valence-corrected chi connectivity index (χ1v) is 20.4. The molecule has 1 N–H and O–H groups in total. The minimum atomic E-state index is -2.35. The van der Waals surface area contributed by atoms with Gasteiger partial charge >= 0.3 is 5.97 Å². The van der Waals surface area contributed by atoms with Gasteiger partial charge in [0, 0.05) is 12.6 Å². The molecular formula is C41H60F5NO16. The molecule has 0 radical (unpaired) electrons. The van der Waals surface area contributed by atoms with Gasteiger partial charge in [-0.05, 0) is 24.3 Å². The predicted molar refractivity (Wildman–Crippen MR) is 213 cm³/mol. The first-order valence-electron chi connectivity index (χ1n) is 20.4. The maximum atomic E-state index is 13.6. The van der Waals surface area contributed by atoms with Crippen molar-refractivity contribution in [2.75, 3.05) is 170 Å². The van der Waals surface area contributed by atoms with Crippen molar-refractivity contribution in [3.8, 4) is 11.5 Å². The molecule has 2 aromatic carbocycles. The maximum absolute atomic E-state index is 13.6. The second-order valence-corrected chi connectivity index (χ2v) is 12.5. The van der Waals surface area contributed by atoms with Crippen LogP contribution in [0.25, 0.3) is 0 Å². The number of rotatable bonds is 42. The molecule has 0 saturated heterocycles. The summed E-state index contributed by atoms with van der Waals surface area (Å²) in [4.78, 5) is 22.7. The van der Waals surface area contributed by atoms with Crippen LogP contribution in [0.15, 0.2) is 24.3 Å². The Labute approximate surface area is 363 Å². The van der Waals surface area contributed by atoms with Crippen LogP contribution in [0.3, 0.4) is 0 Å². The van der Waals surface area contributed by atoms with Crippen molar-refractivity contribution >= 4 is 17.6 Å². The zero-order chi connectivity index (χ0) is 45.6. The Hall–Kier alpha value is -3.65. The third-order valence-electron chi connectivity index (χ3n) is 7.60. The Balaban J connectivity index is 1.18. The molecule has 0 aliphatic heterocycles. The molecule has 0 saturated carbocycles. The highest BCUT2D eigenvalue weighted by molar-refractivity contribution is 5.88. The van der Waals surface area contributed by atoms with Crippen LogP contribution in [0.4, 0.5) is 27.6 Å². The van der Waals surface area contributed by atoms with Gasteiger partial charge in [0.2, 0.25) is 40.7 Å². The van der Waals surface area contributed by atoms with Gasteiger partial charge in [0.05, 0.1) is 165 Å². The summed E-state index contributed by atoms with van der Waals surface area (Å²) in [6, 6.07) is 7.11. The Kier molecular flexibility index (Phi) is 33.2. The Morgan fingerprint density at radius 3 is 0.968 bits per heavy atom. The topological polar surface area (TPSA) is 175 Å². The molecule has 0 bridgehead atoms. The van der Waals surface area contributed by atoms with Gasteiger partial charge in [-0.25, -0.2) is 13.2 Å². The smallest absolute Gasteiger partial charge is 0.313 e. The normalized spacial score (nSPS) is 11.3. The number of ether oxygens (including phenoxy) is 14. The maximum Gasteiger partial charge on any atom is 0.313 e. The van der Waals surface area contributed by atoms with Crippen molar-refractivity contribution in [1.29, 1.82) is 0 Å². The zero-order valence-electron chi connectivity index (χ0n) is 35.6. The van der Waals surface area contributed by atoms with Crippen LogP contribution in [-0.4, -0.2) is 177 Å². The SMILES string of the molecule is CC(=O)Nc1ccc(OCCOCCOCCOCCOCCOCCOCCOCCOCCOCCOCCOCCOCCC(=O)Oc2c(F)c(F)c(F)c(F)c2F)cc1. The van der Waals surface area contributed by atoms with Crippen molar-refractivity contribution in [2.45, 2.75) is 13.3 Å². The molecule has 1 amide bonds. The van der Waals surface area contributed by atoms with E-state index in [-0.39, 0.29) is 32.3 Å². The van der Waals surface area contributed by atoms with E-state index in [9.17, 15) is 31.5 Å². The number of hydrogen-bond donors (Lipinski definition) is 1. The van der Waals surface area contributed by atoms with E-state index in [0.29, 0.717) is 150 Å². The van der Waals surface area contributed by atoms with Gasteiger partial charge in [0.1, 0.15) is 12.4 Å². The zero-order valence-corrected chi connectivity index (χ0v) is 35.6. The molecule has 17 nitrogen and oxygen atoms in total. The van der Waals surface area contributed by atoms with E-state index in [2.05, 4.69) is 10.1 Å². The highest BCUT2D eigenvalue weighted by atomic mass is 19.2. The number of amides is 1. The van der Waals surface area contributed by atoms with Crippen LogP contribution in [0.2, 0.25) is 0 Å². The first kappa shape index (κ1) is 55.5. The van der Waals surface area contributed by atoms with E-state index in [1.165, 1.54) is 6.92 Å². The van der Waals surface area contributed by atoms with E-state index < -0.39 is 47.2 Å². The molecule has 2 aromatic rings. The lowest BCUT2D eigenvalue weighted by atomic mass is 10.2. The molecule has 2 rings (SSSR count). The number of esters is 1. The van der Waals surface area contributed by atoms with Crippen LogP contribution >= 0.6 is 0 Å². The van der Waals surface area contributed by atoms with Crippen molar-refractivity contribution in [1.82, 2.24) is 0 Å². The van der Waals surface area contributed by atoms with Crippen molar-refractivity contribution in [3.63, 3.8) is 0 Å². The molecule has 0 heterocycles. The number of carbonyl (C=O) groups is 2. The predicted octanol–water partition coefficient (Wildman–Crippen LogP) is 3.91. The van der Waals surface area contributed by atoms with Crippen LogP contribution in [0.5, 0.6) is 11.5 Å². The lowest BCUT2D eigenvalue weighted by Crippen LogP contribution is -2.16. The summed E-state index contributed by atoms with van der Waals surface area (Å²) in [6.07, 6.45) is -0.493. The monoisotopic (exact) mass is 917 g/mol. The molecule has 0 spiro atoms. The molecule has 63 heavy (non-hydrogen) atoms. The minimum Gasteiger partial charge on any atom is -0.491 e. The fourth-order valence-electron chi connectivity index (χ4n) is 4.57. The van der Waals surface area contributed by atoms with E-state index in [0.717, 1.165) is 0 Å². The average molecular weight is 918 g/mol. The molecule has 0 aliphatic rings. The number of benzene rings is 2. The summed E-state index contributed by atoms with van der Waals surface area (Å²) < 4.78 is 141. The standard InChI is InChI=1S/C41H60F5NO16/c1-32(48)47-33-2-4-34(5-3-33)62-31-30-61-29-28-60-27-26-59-25-24-58-23-22-57-21-20-56-19-18-55-17-16-54-15-14-53-13-12-52-11-10-51-9-8-50-7-6-35(49)63-41-39(45)37(43)36(42)38(44)40(41)46/h2-5H,6-31H2,1H3,(H,47,48). The van der Waals surface area contributed by atoms with Crippen molar-refractivity contribution in [3.05, 3.63) is 53.4 Å². The van der Waals surface area contributed by atoms with E-state index in [1.807, 2.05) is 0 Å². The van der Waals surface area contributed by atoms with Crippen LogP contribution in [-0.2, 0) is 66.4 Å². The quantitative estimate of drug-likeness (QED) is 0.0253. The third-order valence-corrected chi connectivity index (χ3v) is 7.60. The van der Waals surface area contributed by atoms with Gasteiger partial charge in [-0.1, -0.05) is 0 Å². The number of hydrogen-bond acceptors (Lipinski definition) is 16. The number of anilines is 1. The first-order chi connectivity index (χ1) is 30.7. The van der Waals surface area contributed by atoms with Crippen LogP contribution in [0.1, 0.15) is 13.3 Å². The van der Waals surface area contributed by atoms with Gasteiger partial charge in [0.15, 0.2) is 0 Å². The van der Waals surface area contributed by atoms with Crippen LogP contribution < -0.4 is 14.8 Å². The number of halogens is 5. The average Bonchev–Trinajstić information content (AvgIpc) is 3.27. The highest BCUT2D eigenvalue weighted by Crippen LogP contribution is 2.29. The van der Waals surface area contributed by atoms with Gasteiger partial charge in [-0.2, -0.15) is 8.78 Å². The summed E-state index contributed by atoms with van der Waals surface area (Å²) in [5, 5.41) is 2.70. The minimum absolute atomic E-state index is 0.0731. The summed E-state index contributed by atoms with van der Waals surface area (Å²) in [7, 11) is 0. The van der Waals surface area contributed by atoms with Crippen molar-refractivity contribution in [2.24, 2.45) is 0 Å². The molecule has 0 aromatic heterocycles. The molecule has 0 fully saturated rings. The third kappa shape index (κ3) is 28.7. The van der Waals surface area contributed by atoms with E-state index in [4.69, 9.17) is 61.6 Å². The summed E-state index contributed by atoms with van der Waals surface area (Å²) in [5.41, 5.74) is 0.714. The molecular weight excluding hydrogens is 857 g/mol. The van der Waals surface area contributed by atoms with Crippen LogP contribution in [0, 0.1) is 29.1 Å². The Morgan fingerprint density at radius 2 is 0.667 bits per heavy atom. The van der Waals surface area contributed by atoms with Gasteiger partial charge < -0.3 is 71.6 Å². The van der Waals surface area contributed by atoms with E-state index >= 15 is 0 Å². The van der Waals surface area contributed by atoms with Gasteiger partial charge in [-0.15, -0.1) is 0 Å². The molecule has 22 heteroatoms. The lowest BCUT2D eigenvalue weighted by Gasteiger charge is -2.09. The molecule has 0 unspecified atom stereocenters.